The smallest absolute Gasteiger partial charge is 0.137 e. The third kappa shape index (κ3) is 1.59. The topological polar surface area (TPSA) is 56.7 Å². The highest BCUT2D eigenvalue weighted by Gasteiger charge is 2.04. The Morgan fingerprint density at radius 2 is 2.14 bits per heavy atom. The molecule has 72 valence electrons. The van der Waals surface area contributed by atoms with E-state index in [4.69, 9.17) is 5.73 Å². The first-order valence-electron chi connectivity index (χ1n) is 4.43. The van der Waals surface area contributed by atoms with Crippen molar-refractivity contribution in [3.05, 3.63) is 42.0 Å². The van der Waals surface area contributed by atoms with Crippen LogP contribution in [0, 0.1) is 0 Å². The second kappa shape index (κ2) is 3.49. The van der Waals surface area contributed by atoms with Crippen LogP contribution in [-0.4, -0.2) is 14.8 Å². The van der Waals surface area contributed by atoms with E-state index in [1.54, 1.807) is 6.33 Å². The van der Waals surface area contributed by atoms with Gasteiger partial charge in [0.1, 0.15) is 12.2 Å². The molecule has 0 saturated heterocycles. The molecular formula is C10H12N4. The zero-order chi connectivity index (χ0) is 9.97. The van der Waals surface area contributed by atoms with Crippen molar-refractivity contribution in [3.63, 3.8) is 0 Å². The van der Waals surface area contributed by atoms with E-state index in [1.807, 2.05) is 35.9 Å². The summed E-state index contributed by atoms with van der Waals surface area (Å²) < 4.78 is 1.90. The SMILES string of the molecule is Cn1cnnc1Cc1ccccc1N. The number of hydrogen-bond acceptors (Lipinski definition) is 3. The lowest BCUT2D eigenvalue weighted by molar-refractivity contribution is 0.822. The number of aromatic nitrogens is 3. The summed E-state index contributed by atoms with van der Waals surface area (Å²) in [6.45, 7) is 0. The summed E-state index contributed by atoms with van der Waals surface area (Å²) in [5.41, 5.74) is 7.72. The fourth-order valence-corrected chi connectivity index (χ4v) is 1.33. The Morgan fingerprint density at radius 1 is 1.36 bits per heavy atom. The summed E-state index contributed by atoms with van der Waals surface area (Å²) in [6.07, 6.45) is 2.41. The molecule has 4 nitrogen and oxygen atoms in total. The number of nitrogen functional groups attached to an aromatic ring is 1. The van der Waals surface area contributed by atoms with Gasteiger partial charge in [0.2, 0.25) is 0 Å². The van der Waals surface area contributed by atoms with Crippen LogP contribution < -0.4 is 5.73 Å². The van der Waals surface area contributed by atoms with E-state index in [0.717, 1.165) is 23.5 Å². The average molecular weight is 188 g/mol. The lowest BCUT2D eigenvalue weighted by Gasteiger charge is -2.03. The minimum Gasteiger partial charge on any atom is -0.398 e. The number of anilines is 1. The molecule has 2 rings (SSSR count). The lowest BCUT2D eigenvalue weighted by atomic mass is 10.1. The van der Waals surface area contributed by atoms with Crippen LogP contribution in [0.2, 0.25) is 0 Å². The zero-order valence-electron chi connectivity index (χ0n) is 8.01. The Kier molecular flexibility index (Phi) is 2.18. The van der Waals surface area contributed by atoms with Crippen molar-refractivity contribution in [2.45, 2.75) is 6.42 Å². The molecule has 2 aromatic rings. The van der Waals surface area contributed by atoms with E-state index in [9.17, 15) is 0 Å². The molecule has 0 bridgehead atoms. The first-order valence-corrected chi connectivity index (χ1v) is 4.43. The zero-order valence-corrected chi connectivity index (χ0v) is 8.01. The third-order valence-electron chi connectivity index (χ3n) is 2.21. The molecule has 0 unspecified atom stereocenters. The Labute approximate surface area is 82.4 Å². The summed E-state index contributed by atoms with van der Waals surface area (Å²) in [5.74, 6) is 0.919. The van der Waals surface area contributed by atoms with Crippen LogP contribution >= 0.6 is 0 Å². The van der Waals surface area contributed by atoms with Crippen LogP contribution in [0.25, 0.3) is 0 Å². The molecule has 0 spiro atoms. The normalized spacial score (nSPS) is 10.4. The van der Waals surface area contributed by atoms with Crippen molar-refractivity contribution in [1.29, 1.82) is 0 Å². The molecule has 0 atom stereocenters. The maximum atomic E-state index is 5.83. The number of para-hydroxylation sites is 1. The molecule has 2 N–H and O–H groups in total. The molecule has 0 saturated carbocycles. The van der Waals surface area contributed by atoms with Gasteiger partial charge in [0, 0.05) is 19.2 Å². The third-order valence-corrected chi connectivity index (χ3v) is 2.21. The maximum Gasteiger partial charge on any atom is 0.137 e. The molecule has 0 fully saturated rings. The molecular weight excluding hydrogens is 176 g/mol. The summed E-state index contributed by atoms with van der Waals surface area (Å²) in [5, 5.41) is 7.83. The molecule has 1 aromatic carbocycles. The molecule has 0 radical (unpaired) electrons. The van der Waals surface area contributed by atoms with E-state index in [2.05, 4.69) is 10.2 Å². The summed E-state index contributed by atoms with van der Waals surface area (Å²) >= 11 is 0. The van der Waals surface area contributed by atoms with Gasteiger partial charge in [-0.15, -0.1) is 10.2 Å². The van der Waals surface area contributed by atoms with Crippen LogP contribution in [-0.2, 0) is 13.5 Å². The van der Waals surface area contributed by atoms with Gasteiger partial charge >= 0.3 is 0 Å². The molecule has 0 aliphatic rings. The van der Waals surface area contributed by atoms with Crippen molar-refractivity contribution in [2.24, 2.45) is 7.05 Å². The Hall–Kier alpha value is -1.84. The quantitative estimate of drug-likeness (QED) is 0.715. The van der Waals surface area contributed by atoms with Crippen molar-refractivity contribution >= 4 is 5.69 Å². The van der Waals surface area contributed by atoms with Gasteiger partial charge in [0.25, 0.3) is 0 Å². The van der Waals surface area contributed by atoms with Crippen LogP contribution in [0.3, 0.4) is 0 Å². The number of rotatable bonds is 2. The lowest BCUT2D eigenvalue weighted by Crippen LogP contribution is -2.01. The largest absolute Gasteiger partial charge is 0.398 e. The standard InChI is InChI=1S/C10H12N4/c1-14-7-12-13-10(14)6-8-4-2-3-5-9(8)11/h2-5,7H,6,11H2,1H3. The number of nitrogens with zero attached hydrogens (tertiary/aromatic N) is 3. The van der Waals surface area contributed by atoms with Crippen LogP contribution in [0.1, 0.15) is 11.4 Å². The Balaban J connectivity index is 2.28. The van der Waals surface area contributed by atoms with Crippen molar-refractivity contribution in [3.8, 4) is 0 Å². The predicted octanol–water partition coefficient (Wildman–Crippen LogP) is 0.988. The fourth-order valence-electron chi connectivity index (χ4n) is 1.33. The van der Waals surface area contributed by atoms with Gasteiger partial charge in [-0.05, 0) is 11.6 Å². The second-order valence-electron chi connectivity index (χ2n) is 3.23. The van der Waals surface area contributed by atoms with Crippen LogP contribution in [0.4, 0.5) is 5.69 Å². The molecule has 1 aromatic heterocycles. The second-order valence-corrected chi connectivity index (χ2v) is 3.23. The molecule has 0 aliphatic carbocycles. The van der Waals surface area contributed by atoms with Gasteiger partial charge in [-0.3, -0.25) is 0 Å². The van der Waals surface area contributed by atoms with E-state index in [1.165, 1.54) is 0 Å². The van der Waals surface area contributed by atoms with E-state index >= 15 is 0 Å². The highest BCUT2D eigenvalue weighted by Crippen LogP contribution is 2.13. The minimum absolute atomic E-state index is 0.725. The van der Waals surface area contributed by atoms with Gasteiger partial charge < -0.3 is 10.3 Å². The summed E-state index contributed by atoms with van der Waals surface area (Å²) in [7, 11) is 1.93. The van der Waals surface area contributed by atoms with Gasteiger partial charge in [-0.2, -0.15) is 0 Å². The van der Waals surface area contributed by atoms with Gasteiger partial charge in [0.15, 0.2) is 0 Å². The van der Waals surface area contributed by atoms with Gasteiger partial charge in [0.05, 0.1) is 0 Å². The van der Waals surface area contributed by atoms with Crippen LogP contribution in [0.5, 0.6) is 0 Å². The molecule has 14 heavy (non-hydrogen) atoms. The van der Waals surface area contributed by atoms with E-state index < -0.39 is 0 Å². The number of nitrogens with two attached hydrogens (primary N) is 1. The Morgan fingerprint density at radius 3 is 2.79 bits per heavy atom. The first-order chi connectivity index (χ1) is 6.77. The maximum absolute atomic E-state index is 5.83. The fraction of sp³-hybridized carbons (Fsp3) is 0.200. The highest BCUT2D eigenvalue weighted by atomic mass is 15.2. The summed E-state index contributed by atoms with van der Waals surface area (Å²) in [6, 6.07) is 7.80. The number of aryl methyl sites for hydroxylation is 1. The molecule has 0 amide bonds. The molecule has 0 aliphatic heterocycles. The van der Waals surface area contributed by atoms with E-state index in [-0.39, 0.29) is 0 Å². The Bertz CT molecular complexity index is 433. The number of hydrogen-bond donors (Lipinski definition) is 1. The number of benzene rings is 1. The van der Waals surface area contributed by atoms with Gasteiger partial charge in [-0.1, -0.05) is 18.2 Å². The van der Waals surface area contributed by atoms with E-state index in [0.29, 0.717) is 0 Å². The average Bonchev–Trinajstić information content (AvgIpc) is 2.56. The molecule has 4 heteroatoms. The monoisotopic (exact) mass is 188 g/mol. The predicted molar refractivity (Wildman–Crippen MR) is 54.7 cm³/mol. The first kappa shape index (κ1) is 8.74. The molecule has 1 heterocycles. The summed E-state index contributed by atoms with van der Waals surface area (Å²) in [4.78, 5) is 0. The highest BCUT2D eigenvalue weighted by molar-refractivity contribution is 5.47. The van der Waals surface area contributed by atoms with Gasteiger partial charge in [-0.25, -0.2) is 0 Å². The minimum atomic E-state index is 0.725. The van der Waals surface area contributed by atoms with Crippen LogP contribution in [0.15, 0.2) is 30.6 Å². The van der Waals surface area contributed by atoms with Crippen molar-refractivity contribution in [1.82, 2.24) is 14.8 Å². The van der Waals surface area contributed by atoms with Crippen molar-refractivity contribution in [2.75, 3.05) is 5.73 Å². The van der Waals surface area contributed by atoms with Crippen molar-refractivity contribution < 1.29 is 0 Å².